The third-order valence-electron chi connectivity index (χ3n) is 5.68. The molecule has 2 fully saturated rings. The number of ether oxygens (including phenoxy) is 1. The maximum absolute atomic E-state index is 10.4. The summed E-state index contributed by atoms with van der Waals surface area (Å²) >= 11 is 0. The summed E-state index contributed by atoms with van der Waals surface area (Å²) < 4.78 is 6.09. The SMILES string of the molecule is CNc1cc(C)nc(N2CCC3(CC2)[C@H](O)C[C@@H]3OCCN(C)C)n1. The van der Waals surface area contributed by atoms with E-state index in [2.05, 4.69) is 39.2 Å². The fourth-order valence-corrected chi connectivity index (χ4v) is 3.94. The van der Waals surface area contributed by atoms with Crippen LogP contribution in [0.15, 0.2) is 6.07 Å². The van der Waals surface area contributed by atoms with E-state index in [0.29, 0.717) is 0 Å². The van der Waals surface area contributed by atoms with Gasteiger partial charge in [0, 0.05) is 50.3 Å². The minimum Gasteiger partial charge on any atom is -0.392 e. The molecule has 2 aliphatic rings. The Morgan fingerprint density at radius 1 is 1.36 bits per heavy atom. The highest BCUT2D eigenvalue weighted by Crippen LogP contribution is 2.51. The molecule has 1 saturated carbocycles. The Morgan fingerprint density at radius 2 is 2.08 bits per heavy atom. The number of aliphatic hydroxyl groups is 1. The molecule has 1 aliphatic carbocycles. The number of aliphatic hydroxyl groups excluding tert-OH is 1. The van der Waals surface area contributed by atoms with Crippen LogP contribution in [-0.2, 0) is 4.74 Å². The topological polar surface area (TPSA) is 73.8 Å². The Balaban J connectivity index is 1.61. The molecule has 1 aromatic rings. The lowest BCUT2D eigenvalue weighted by atomic mass is 9.58. The van der Waals surface area contributed by atoms with Gasteiger partial charge < -0.3 is 25.0 Å². The minimum atomic E-state index is -0.245. The van der Waals surface area contributed by atoms with Crippen molar-refractivity contribution in [1.29, 1.82) is 0 Å². The number of aromatic nitrogens is 2. The van der Waals surface area contributed by atoms with Crippen molar-refractivity contribution in [1.82, 2.24) is 14.9 Å². The van der Waals surface area contributed by atoms with E-state index in [-0.39, 0.29) is 17.6 Å². The summed E-state index contributed by atoms with van der Waals surface area (Å²) in [6.07, 6.45) is 2.54. The van der Waals surface area contributed by atoms with Crippen molar-refractivity contribution >= 4 is 11.8 Å². The largest absolute Gasteiger partial charge is 0.392 e. The Morgan fingerprint density at radius 3 is 2.68 bits per heavy atom. The molecule has 1 aromatic heterocycles. The van der Waals surface area contributed by atoms with Crippen molar-refractivity contribution < 1.29 is 9.84 Å². The number of likely N-dealkylation sites (N-methyl/N-ethyl adjacent to an activating group) is 1. The second-order valence-electron chi connectivity index (χ2n) is 7.58. The monoisotopic (exact) mass is 349 g/mol. The molecule has 0 aromatic carbocycles. The van der Waals surface area contributed by atoms with Gasteiger partial charge in [0.25, 0.3) is 0 Å². The highest BCUT2D eigenvalue weighted by molar-refractivity contribution is 5.43. The molecule has 0 unspecified atom stereocenters. The van der Waals surface area contributed by atoms with Crippen molar-refractivity contribution in [3.8, 4) is 0 Å². The van der Waals surface area contributed by atoms with Gasteiger partial charge in [0.1, 0.15) is 5.82 Å². The first-order valence-corrected chi connectivity index (χ1v) is 9.17. The van der Waals surface area contributed by atoms with E-state index < -0.39 is 0 Å². The second kappa shape index (κ2) is 7.43. The quantitative estimate of drug-likeness (QED) is 0.797. The zero-order valence-corrected chi connectivity index (χ0v) is 15.8. The van der Waals surface area contributed by atoms with Crippen molar-refractivity contribution in [3.05, 3.63) is 11.8 Å². The molecule has 140 valence electrons. The van der Waals surface area contributed by atoms with Crippen LogP contribution in [0.2, 0.25) is 0 Å². The highest BCUT2D eigenvalue weighted by atomic mass is 16.5. The number of rotatable bonds is 6. The lowest BCUT2D eigenvalue weighted by Gasteiger charge is -2.56. The molecule has 0 amide bonds. The number of anilines is 2. The van der Waals surface area contributed by atoms with Gasteiger partial charge in [-0.2, -0.15) is 4.98 Å². The van der Waals surface area contributed by atoms with E-state index >= 15 is 0 Å². The summed E-state index contributed by atoms with van der Waals surface area (Å²) in [6, 6.07) is 1.94. The number of hydrogen-bond donors (Lipinski definition) is 2. The molecule has 2 N–H and O–H groups in total. The van der Waals surface area contributed by atoms with Crippen LogP contribution in [-0.4, -0.2) is 79.6 Å². The molecule has 25 heavy (non-hydrogen) atoms. The third kappa shape index (κ3) is 3.73. The molecule has 1 aliphatic heterocycles. The number of aryl methyl sites for hydroxylation is 1. The van der Waals surface area contributed by atoms with Crippen LogP contribution in [0.5, 0.6) is 0 Å². The number of hydrogen-bond acceptors (Lipinski definition) is 7. The van der Waals surface area contributed by atoms with Crippen molar-refractivity contribution in [3.63, 3.8) is 0 Å². The average molecular weight is 349 g/mol. The summed E-state index contributed by atoms with van der Waals surface area (Å²) in [4.78, 5) is 13.5. The van der Waals surface area contributed by atoms with Crippen LogP contribution in [0.3, 0.4) is 0 Å². The lowest BCUT2D eigenvalue weighted by molar-refractivity contribution is -0.202. The van der Waals surface area contributed by atoms with E-state index in [4.69, 9.17) is 4.74 Å². The minimum absolute atomic E-state index is 0.0848. The molecule has 7 nitrogen and oxygen atoms in total. The van der Waals surface area contributed by atoms with Gasteiger partial charge in [0.15, 0.2) is 0 Å². The van der Waals surface area contributed by atoms with E-state index in [0.717, 1.165) is 63.0 Å². The van der Waals surface area contributed by atoms with Gasteiger partial charge in [-0.3, -0.25) is 0 Å². The normalized spacial score (nSPS) is 25.3. The van der Waals surface area contributed by atoms with Crippen molar-refractivity contribution in [2.75, 3.05) is 57.6 Å². The number of piperidine rings is 1. The van der Waals surface area contributed by atoms with Crippen LogP contribution in [0.25, 0.3) is 0 Å². The maximum atomic E-state index is 10.4. The average Bonchev–Trinajstić information content (AvgIpc) is 2.60. The summed E-state index contributed by atoms with van der Waals surface area (Å²) in [5.41, 5.74) is 0.876. The molecule has 2 atom stereocenters. The van der Waals surface area contributed by atoms with E-state index in [9.17, 15) is 5.11 Å². The Kier molecular flexibility index (Phi) is 5.46. The number of nitrogens with one attached hydrogen (secondary N) is 1. The highest BCUT2D eigenvalue weighted by Gasteiger charge is 2.56. The molecule has 1 spiro atoms. The molecular formula is C18H31N5O2. The van der Waals surface area contributed by atoms with Gasteiger partial charge in [-0.1, -0.05) is 0 Å². The van der Waals surface area contributed by atoms with Crippen LogP contribution < -0.4 is 10.2 Å². The molecule has 3 rings (SSSR count). The summed E-state index contributed by atoms with van der Waals surface area (Å²) in [5.74, 6) is 1.62. The van der Waals surface area contributed by atoms with E-state index in [1.807, 2.05) is 20.0 Å². The predicted octanol–water partition coefficient (Wildman–Crippen LogP) is 1.12. The smallest absolute Gasteiger partial charge is 0.227 e. The van der Waals surface area contributed by atoms with Crippen molar-refractivity contribution in [2.24, 2.45) is 5.41 Å². The van der Waals surface area contributed by atoms with Gasteiger partial charge in [-0.25, -0.2) is 4.98 Å². The van der Waals surface area contributed by atoms with Crippen LogP contribution in [0.1, 0.15) is 25.0 Å². The molecule has 2 heterocycles. The Labute approximate surface area is 150 Å². The van der Waals surface area contributed by atoms with Crippen LogP contribution >= 0.6 is 0 Å². The predicted molar refractivity (Wildman–Crippen MR) is 99.1 cm³/mol. The molecule has 1 saturated heterocycles. The maximum Gasteiger partial charge on any atom is 0.227 e. The summed E-state index contributed by atoms with van der Waals surface area (Å²) in [7, 11) is 5.97. The number of nitrogens with zero attached hydrogens (tertiary/aromatic N) is 4. The van der Waals surface area contributed by atoms with Gasteiger partial charge >= 0.3 is 0 Å². The second-order valence-corrected chi connectivity index (χ2v) is 7.58. The van der Waals surface area contributed by atoms with Crippen LogP contribution in [0, 0.1) is 12.3 Å². The zero-order chi connectivity index (χ0) is 18.0. The Hall–Kier alpha value is -1.44. The Bertz CT molecular complexity index is 587. The van der Waals surface area contributed by atoms with Gasteiger partial charge in [-0.05, 0) is 33.9 Å². The zero-order valence-electron chi connectivity index (χ0n) is 15.8. The van der Waals surface area contributed by atoms with E-state index in [1.54, 1.807) is 0 Å². The van der Waals surface area contributed by atoms with E-state index in [1.165, 1.54) is 0 Å². The standard InChI is InChI=1S/C18H31N5O2/c1-13-11-16(19-2)21-17(20-13)23-7-5-18(6-8-23)14(24)12-15(18)25-10-9-22(3)4/h11,14-15,24H,5-10,12H2,1-4H3,(H,19,20,21)/t14-,15+/m1/s1. The molecule has 0 radical (unpaired) electrons. The summed E-state index contributed by atoms with van der Waals surface area (Å²) in [5, 5.41) is 13.5. The van der Waals surface area contributed by atoms with Crippen LogP contribution in [0.4, 0.5) is 11.8 Å². The third-order valence-corrected chi connectivity index (χ3v) is 5.68. The van der Waals surface area contributed by atoms with Crippen molar-refractivity contribution in [2.45, 2.75) is 38.4 Å². The lowest BCUT2D eigenvalue weighted by Crippen LogP contribution is -2.62. The first-order valence-electron chi connectivity index (χ1n) is 9.17. The molecule has 0 bridgehead atoms. The first kappa shape index (κ1) is 18.4. The molecular weight excluding hydrogens is 318 g/mol. The summed E-state index contributed by atoms with van der Waals surface area (Å²) in [6.45, 7) is 5.34. The fourth-order valence-electron chi connectivity index (χ4n) is 3.94. The first-order chi connectivity index (χ1) is 11.9. The molecule has 7 heteroatoms. The van der Waals surface area contributed by atoms with Gasteiger partial charge in [0.2, 0.25) is 5.95 Å². The van der Waals surface area contributed by atoms with Gasteiger partial charge in [0.05, 0.1) is 18.8 Å². The fraction of sp³-hybridized carbons (Fsp3) is 0.778. The van der Waals surface area contributed by atoms with Gasteiger partial charge in [-0.15, -0.1) is 0 Å².